The third kappa shape index (κ3) is 3.79. The summed E-state index contributed by atoms with van der Waals surface area (Å²) >= 11 is 0. The van der Waals surface area contributed by atoms with Gasteiger partial charge in [0.25, 0.3) is 5.91 Å². The molecule has 3 aromatic rings. The zero-order valence-corrected chi connectivity index (χ0v) is 14.2. The van der Waals surface area contributed by atoms with Crippen LogP contribution in [0.25, 0.3) is 11.3 Å². The fraction of sp³-hybridized carbons (Fsp3) is 0.0526. The molecule has 0 aliphatic carbocycles. The van der Waals surface area contributed by atoms with E-state index in [1.54, 1.807) is 18.2 Å². The maximum Gasteiger partial charge on any atom is 0.262 e. The average Bonchev–Trinajstić information content (AvgIpc) is 2.62. The molecule has 136 valence electrons. The van der Waals surface area contributed by atoms with E-state index in [1.165, 1.54) is 18.5 Å². The van der Waals surface area contributed by atoms with Gasteiger partial charge in [-0.1, -0.05) is 12.1 Å². The highest BCUT2D eigenvalue weighted by Crippen LogP contribution is 2.23. The lowest BCUT2D eigenvalue weighted by molar-refractivity contribution is 0.0996. The predicted molar refractivity (Wildman–Crippen MR) is 95.0 cm³/mol. The number of benzene rings is 2. The Bertz CT molecular complexity index is 1020. The van der Waals surface area contributed by atoms with E-state index >= 15 is 0 Å². The Balaban J connectivity index is 1.85. The maximum absolute atomic E-state index is 13.7. The normalized spacial score (nSPS) is 10.5. The molecule has 0 bridgehead atoms. The fourth-order valence-corrected chi connectivity index (χ4v) is 2.48. The minimum atomic E-state index is -0.976. The molecule has 0 saturated carbocycles. The number of aromatic nitrogens is 2. The molecular weight excluding hydrogens is 354 g/mol. The van der Waals surface area contributed by atoms with Gasteiger partial charge in [0.15, 0.2) is 5.82 Å². The van der Waals surface area contributed by atoms with Crippen LogP contribution < -0.4 is 11.1 Å². The summed E-state index contributed by atoms with van der Waals surface area (Å²) in [6, 6.07) is 8.07. The Morgan fingerprint density at radius 2 is 1.74 bits per heavy atom. The lowest BCUT2D eigenvalue weighted by Gasteiger charge is -2.09. The van der Waals surface area contributed by atoms with Crippen LogP contribution in [-0.2, 0) is 0 Å². The van der Waals surface area contributed by atoms with Crippen molar-refractivity contribution in [1.82, 2.24) is 9.97 Å². The van der Waals surface area contributed by atoms with Crippen LogP contribution in [0.4, 0.5) is 14.6 Å². The monoisotopic (exact) mass is 368 g/mol. The number of anilines is 1. The van der Waals surface area contributed by atoms with E-state index in [2.05, 4.69) is 15.3 Å². The van der Waals surface area contributed by atoms with Gasteiger partial charge in [0.1, 0.15) is 17.2 Å². The average molecular weight is 368 g/mol. The van der Waals surface area contributed by atoms with Crippen LogP contribution >= 0.6 is 0 Å². The van der Waals surface area contributed by atoms with Crippen molar-refractivity contribution in [2.45, 2.75) is 6.92 Å². The van der Waals surface area contributed by atoms with Gasteiger partial charge in [0.05, 0.1) is 18.1 Å². The van der Waals surface area contributed by atoms with Crippen LogP contribution in [0, 0.1) is 18.6 Å². The van der Waals surface area contributed by atoms with E-state index in [1.807, 2.05) is 6.92 Å². The van der Waals surface area contributed by atoms with Crippen molar-refractivity contribution in [2.75, 3.05) is 5.32 Å². The number of halogens is 2. The molecule has 0 unspecified atom stereocenters. The lowest BCUT2D eigenvalue weighted by atomic mass is 10.0. The van der Waals surface area contributed by atoms with Gasteiger partial charge >= 0.3 is 0 Å². The molecule has 0 atom stereocenters. The summed E-state index contributed by atoms with van der Waals surface area (Å²) in [5.74, 6) is -3.47. The second-order valence-corrected chi connectivity index (χ2v) is 5.73. The molecule has 2 aromatic carbocycles. The fourth-order valence-electron chi connectivity index (χ4n) is 2.48. The summed E-state index contributed by atoms with van der Waals surface area (Å²) in [6.45, 7) is 1.83. The molecule has 1 heterocycles. The Hall–Kier alpha value is -3.68. The summed E-state index contributed by atoms with van der Waals surface area (Å²) in [5.41, 5.74) is 6.86. The predicted octanol–water partition coefficient (Wildman–Crippen LogP) is 3.08. The highest BCUT2D eigenvalue weighted by molar-refractivity contribution is 6.04. The van der Waals surface area contributed by atoms with Crippen LogP contribution in [0.15, 0.2) is 48.8 Å². The Kier molecular flexibility index (Phi) is 4.89. The highest BCUT2D eigenvalue weighted by atomic mass is 19.1. The van der Waals surface area contributed by atoms with E-state index in [-0.39, 0.29) is 5.82 Å². The van der Waals surface area contributed by atoms with Crippen LogP contribution in [-0.4, -0.2) is 21.8 Å². The number of aryl methyl sites for hydroxylation is 1. The summed E-state index contributed by atoms with van der Waals surface area (Å²) < 4.78 is 27.3. The smallest absolute Gasteiger partial charge is 0.262 e. The van der Waals surface area contributed by atoms with Crippen molar-refractivity contribution in [1.29, 1.82) is 0 Å². The molecule has 0 fully saturated rings. The summed E-state index contributed by atoms with van der Waals surface area (Å²) in [5, 5.41) is 2.30. The largest absolute Gasteiger partial charge is 0.366 e. The Labute approximate surface area is 153 Å². The first kappa shape index (κ1) is 18.1. The zero-order chi connectivity index (χ0) is 19.6. The first-order valence-electron chi connectivity index (χ1n) is 7.85. The second kappa shape index (κ2) is 7.28. The summed E-state index contributed by atoms with van der Waals surface area (Å²) in [6.07, 6.45) is 2.63. The van der Waals surface area contributed by atoms with Crippen LogP contribution in [0.5, 0.6) is 0 Å². The van der Waals surface area contributed by atoms with Crippen molar-refractivity contribution in [2.24, 2.45) is 5.73 Å². The zero-order valence-electron chi connectivity index (χ0n) is 14.2. The van der Waals surface area contributed by atoms with E-state index < -0.39 is 29.0 Å². The van der Waals surface area contributed by atoms with E-state index in [0.29, 0.717) is 16.8 Å². The number of nitrogens with zero attached hydrogens (tertiary/aromatic N) is 2. The Morgan fingerprint density at radius 3 is 2.33 bits per heavy atom. The van der Waals surface area contributed by atoms with Gasteiger partial charge in [0, 0.05) is 11.1 Å². The number of hydrogen-bond donors (Lipinski definition) is 2. The highest BCUT2D eigenvalue weighted by Gasteiger charge is 2.17. The SMILES string of the molecule is Cc1ccc(C(N)=O)cc1-c1cnc(NC(=O)c2c(F)cccc2F)cn1. The van der Waals surface area contributed by atoms with Crippen molar-refractivity contribution in [3.05, 3.63) is 77.1 Å². The molecule has 0 aliphatic rings. The van der Waals surface area contributed by atoms with Crippen molar-refractivity contribution in [3.8, 4) is 11.3 Å². The molecule has 2 amide bonds. The molecule has 27 heavy (non-hydrogen) atoms. The van der Waals surface area contributed by atoms with Crippen LogP contribution in [0.2, 0.25) is 0 Å². The van der Waals surface area contributed by atoms with Crippen LogP contribution in [0.1, 0.15) is 26.3 Å². The first-order valence-corrected chi connectivity index (χ1v) is 7.85. The molecule has 8 heteroatoms. The van der Waals surface area contributed by atoms with Gasteiger partial charge in [-0.15, -0.1) is 0 Å². The van der Waals surface area contributed by atoms with Gasteiger partial charge in [0.2, 0.25) is 5.91 Å². The third-order valence-electron chi connectivity index (χ3n) is 3.88. The minimum Gasteiger partial charge on any atom is -0.366 e. The number of carbonyl (C=O) groups is 2. The van der Waals surface area contributed by atoms with Gasteiger partial charge in [-0.05, 0) is 36.8 Å². The number of amides is 2. The molecule has 0 saturated heterocycles. The number of carbonyl (C=O) groups excluding carboxylic acids is 2. The minimum absolute atomic E-state index is 0.0233. The van der Waals surface area contributed by atoms with Gasteiger partial charge in [-0.25, -0.2) is 13.8 Å². The standard InChI is InChI=1S/C19H14F2N4O2/c1-10-5-6-11(18(22)26)7-12(10)15-8-24-16(9-23-15)25-19(27)17-13(20)3-2-4-14(17)21/h2-9H,1H3,(H2,22,26)(H,24,25,27). The summed E-state index contributed by atoms with van der Waals surface area (Å²) in [4.78, 5) is 31.6. The van der Waals surface area contributed by atoms with E-state index in [4.69, 9.17) is 5.73 Å². The topological polar surface area (TPSA) is 98.0 Å². The first-order chi connectivity index (χ1) is 12.9. The van der Waals surface area contributed by atoms with Gasteiger partial charge < -0.3 is 11.1 Å². The van der Waals surface area contributed by atoms with Gasteiger partial charge in [-0.3, -0.25) is 14.6 Å². The Morgan fingerprint density at radius 1 is 1.04 bits per heavy atom. The molecule has 0 aliphatic heterocycles. The number of primary amides is 1. The maximum atomic E-state index is 13.7. The van der Waals surface area contributed by atoms with Crippen molar-refractivity contribution in [3.63, 3.8) is 0 Å². The molecule has 1 aromatic heterocycles. The molecule has 0 radical (unpaired) electrons. The van der Waals surface area contributed by atoms with Crippen molar-refractivity contribution >= 4 is 17.6 Å². The molecule has 3 rings (SSSR count). The molecule has 3 N–H and O–H groups in total. The lowest BCUT2D eigenvalue weighted by Crippen LogP contribution is -2.16. The molecule has 6 nitrogen and oxygen atoms in total. The molecule has 0 spiro atoms. The van der Waals surface area contributed by atoms with E-state index in [9.17, 15) is 18.4 Å². The quantitative estimate of drug-likeness (QED) is 0.739. The number of nitrogens with one attached hydrogen (secondary N) is 1. The second-order valence-electron chi connectivity index (χ2n) is 5.73. The van der Waals surface area contributed by atoms with Crippen molar-refractivity contribution < 1.29 is 18.4 Å². The number of hydrogen-bond acceptors (Lipinski definition) is 4. The molecular formula is C19H14F2N4O2. The van der Waals surface area contributed by atoms with Gasteiger partial charge in [-0.2, -0.15) is 0 Å². The van der Waals surface area contributed by atoms with E-state index in [0.717, 1.165) is 17.7 Å². The van der Waals surface area contributed by atoms with Crippen LogP contribution in [0.3, 0.4) is 0 Å². The number of nitrogens with two attached hydrogens (primary N) is 1. The number of rotatable bonds is 4. The third-order valence-corrected chi connectivity index (χ3v) is 3.88. The summed E-state index contributed by atoms with van der Waals surface area (Å²) in [7, 11) is 0.